The molecule has 0 unspecified atom stereocenters. The van der Waals surface area contributed by atoms with Crippen LogP contribution in [0.5, 0.6) is 0 Å². The molecular formula is C22H29FN6O2S. The number of aromatic nitrogens is 3. The van der Waals surface area contributed by atoms with Gasteiger partial charge in [0.2, 0.25) is 17.0 Å². The summed E-state index contributed by atoms with van der Waals surface area (Å²) < 4.78 is 13.0. The Bertz CT molecular complexity index is 907. The molecule has 1 saturated carbocycles. The molecule has 1 saturated heterocycles. The number of H-pyrrole nitrogens is 1. The molecule has 0 spiro atoms. The number of nitrogens with zero attached hydrogens (tertiary/aromatic N) is 4. The number of hydrogen-bond donors (Lipinski definition) is 2. The minimum atomic E-state index is -0.338. The van der Waals surface area contributed by atoms with Gasteiger partial charge in [-0.15, -0.1) is 5.10 Å². The lowest BCUT2D eigenvalue weighted by Crippen LogP contribution is -2.50. The molecule has 172 valence electrons. The fraction of sp³-hybridized carbons (Fsp3) is 0.545. The average molecular weight is 461 g/mol. The van der Waals surface area contributed by atoms with Crippen molar-refractivity contribution in [2.24, 2.45) is 5.92 Å². The van der Waals surface area contributed by atoms with Gasteiger partial charge in [-0.2, -0.15) is 0 Å². The maximum absolute atomic E-state index is 13.0. The van der Waals surface area contributed by atoms with E-state index in [1.54, 1.807) is 0 Å². The van der Waals surface area contributed by atoms with Crippen molar-refractivity contribution in [2.75, 3.05) is 43.8 Å². The van der Waals surface area contributed by atoms with Crippen molar-refractivity contribution in [2.45, 2.75) is 37.3 Å². The van der Waals surface area contributed by atoms with Gasteiger partial charge in [-0.3, -0.25) is 19.6 Å². The quantitative estimate of drug-likeness (QED) is 0.588. The van der Waals surface area contributed by atoms with Gasteiger partial charge in [-0.1, -0.05) is 37.4 Å². The molecule has 1 aromatic carbocycles. The Hall–Kier alpha value is -2.46. The molecule has 0 bridgehead atoms. The van der Waals surface area contributed by atoms with Crippen LogP contribution in [0.1, 0.15) is 31.5 Å². The summed E-state index contributed by atoms with van der Waals surface area (Å²) >= 11 is 1.37. The second-order valence-electron chi connectivity index (χ2n) is 8.42. The van der Waals surface area contributed by atoms with Gasteiger partial charge in [0.1, 0.15) is 11.6 Å². The molecule has 32 heavy (non-hydrogen) atoms. The molecule has 10 heteroatoms. The predicted octanol–water partition coefficient (Wildman–Crippen LogP) is 2.55. The van der Waals surface area contributed by atoms with Crippen LogP contribution in [0.2, 0.25) is 0 Å². The van der Waals surface area contributed by atoms with E-state index in [0.717, 1.165) is 12.2 Å². The van der Waals surface area contributed by atoms with Crippen LogP contribution in [0.25, 0.3) is 0 Å². The third-order valence-electron chi connectivity index (χ3n) is 6.01. The third-order valence-corrected chi connectivity index (χ3v) is 6.84. The summed E-state index contributed by atoms with van der Waals surface area (Å²) in [4.78, 5) is 33.1. The molecule has 2 N–H and O–H groups in total. The highest BCUT2D eigenvalue weighted by Crippen LogP contribution is 2.27. The van der Waals surface area contributed by atoms with E-state index in [-0.39, 0.29) is 24.2 Å². The molecule has 2 aromatic rings. The smallest absolute Gasteiger partial charge is 0.238 e. The molecule has 1 aliphatic heterocycles. The Morgan fingerprint density at radius 2 is 1.84 bits per heavy atom. The number of hydrogen-bond acceptors (Lipinski definition) is 6. The van der Waals surface area contributed by atoms with Crippen LogP contribution in [0.4, 0.5) is 10.1 Å². The summed E-state index contributed by atoms with van der Waals surface area (Å²) in [5, 5.41) is 10.6. The number of aromatic amines is 1. The first-order valence-electron chi connectivity index (χ1n) is 11.1. The number of piperazine rings is 1. The molecule has 0 radical (unpaired) electrons. The zero-order valence-corrected chi connectivity index (χ0v) is 18.9. The van der Waals surface area contributed by atoms with Crippen molar-refractivity contribution >= 4 is 29.3 Å². The van der Waals surface area contributed by atoms with E-state index in [1.807, 2.05) is 9.80 Å². The van der Waals surface area contributed by atoms with Gasteiger partial charge in [0, 0.05) is 38.3 Å². The first-order chi connectivity index (χ1) is 15.5. The van der Waals surface area contributed by atoms with E-state index in [2.05, 4.69) is 20.5 Å². The normalized spacial score (nSPS) is 17.6. The fourth-order valence-electron chi connectivity index (χ4n) is 4.23. The summed E-state index contributed by atoms with van der Waals surface area (Å²) in [5.41, 5.74) is 0.570. The second-order valence-corrected chi connectivity index (χ2v) is 9.36. The van der Waals surface area contributed by atoms with Crippen molar-refractivity contribution < 1.29 is 14.0 Å². The van der Waals surface area contributed by atoms with E-state index in [1.165, 1.54) is 61.7 Å². The molecule has 2 aliphatic rings. The summed E-state index contributed by atoms with van der Waals surface area (Å²) in [6.45, 7) is 2.70. The summed E-state index contributed by atoms with van der Waals surface area (Å²) in [6.07, 6.45) is 6.09. The fourth-order valence-corrected chi connectivity index (χ4v) is 4.95. The monoisotopic (exact) mass is 460 g/mol. The maximum atomic E-state index is 13.0. The van der Waals surface area contributed by atoms with Gasteiger partial charge in [0.15, 0.2) is 0 Å². The van der Waals surface area contributed by atoms with E-state index in [9.17, 15) is 14.0 Å². The van der Waals surface area contributed by atoms with Gasteiger partial charge in [-0.25, -0.2) is 9.37 Å². The van der Waals surface area contributed by atoms with Gasteiger partial charge >= 0.3 is 0 Å². The molecule has 4 rings (SSSR count). The Balaban J connectivity index is 1.15. The average Bonchev–Trinajstić information content (AvgIpc) is 3.47. The molecule has 2 fully saturated rings. The van der Waals surface area contributed by atoms with Gasteiger partial charge in [-0.05, 0) is 30.2 Å². The van der Waals surface area contributed by atoms with E-state index < -0.39 is 0 Å². The number of nitrogens with one attached hydrogen (secondary N) is 2. The first-order valence-corrected chi connectivity index (χ1v) is 12.1. The molecular weight excluding hydrogens is 431 g/mol. The van der Waals surface area contributed by atoms with E-state index in [0.29, 0.717) is 48.7 Å². The molecule has 2 heterocycles. The van der Waals surface area contributed by atoms with E-state index >= 15 is 0 Å². The second kappa shape index (κ2) is 10.9. The molecule has 8 nitrogen and oxygen atoms in total. The molecule has 1 aromatic heterocycles. The Labute approximate surface area is 191 Å². The van der Waals surface area contributed by atoms with Crippen LogP contribution in [0.15, 0.2) is 29.4 Å². The number of rotatable bonds is 8. The predicted molar refractivity (Wildman–Crippen MR) is 121 cm³/mol. The topological polar surface area (TPSA) is 94.2 Å². The number of anilines is 1. The molecule has 2 amide bonds. The van der Waals surface area contributed by atoms with Crippen LogP contribution < -0.4 is 5.32 Å². The van der Waals surface area contributed by atoms with Gasteiger partial charge in [0.25, 0.3) is 0 Å². The van der Waals surface area contributed by atoms with Crippen LogP contribution in [0, 0.1) is 11.7 Å². The van der Waals surface area contributed by atoms with Crippen molar-refractivity contribution in [3.8, 4) is 0 Å². The van der Waals surface area contributed by atoms with Crippen LogP contribution >= 0.6 is 11.8 Å². The highest BCUT2D eigenvalue weighted by atomic mass is 32.2. The SMILES string of the molecule is O=C(CN1CCN(C(=O)CSc2n[nH]c(CC3CCCC3)n2)CC1)Nc1ccc(F)cc1. The van der Waals surface area contributed by atoms with Crippen molar-refractivity contribution in [1.82, 2.24) is 25.0 Å². The van der Waals surface area contributed by atoms with Crippen molar-refractivity contribution in [1.29, 1.82) is 0 Å². The Morgan fingerprint density at radius 3 is 2.56 bits per heavy atom. The highest BCUT2D eigenvalue weighted by molar-refractivity contribution is 7.99. The van der Waals surface area contributed by atoms with Crippen LogP contribution in [0.3, 0.4) is 0 Å². The molecule has 0 atom stereocenters. The number of thioether (sulfide) groups is 1. The zero-order valence-electron chi connectivity index (χ0n) is 18.1. The lowest BCUT2D eigenvalue weighted by molar-refractivity contribution is -0.130. The zero-order chi connectivity index (χ0) is 22.3. The highest BCUT2D eigenvalue weighted by Gasteiger charge is 2.23. The summed E-state index contributed by atoms with van der Waals surface area (Å²) in [6, 6.07) is 5.70. The van der Waals surface area contributed by atoms with Crippen LogP contribution in [-0.2, 0) is 16.0 Å². The lowest BCUT2D eigenvalue weighted by atomic mass is 10.0. The minimum absolute atomic E-state index is 0.0626. The maximum Gasteiger partial charge on any atom is 0.238 e. The van der Waals surface area contributed by atoms with Crippen molar-refractivity contribution in [3.63, 3.8) is 0 Å². The minimum Gasteiger partial charge on any atom is -0.339 e. The Morgan fingerprint density at radius 1 is 1.12 bits per heavy atom. The largest absolute Gasteiger partial charge is 0.339 e. The summed E-state index contributed by atoms with van der Waals surface area (Å²) in [5.74, 6) is 1.51. The number of benzene rings is 1. The number of carbonyl (C=O) groups excluding carboxylic acids is 2. The van der Waals surface area contributed by atoms with Gasteiger partial charge in [0.05, 0.1) is 12.3 Å². The first kappa shape index (κ1) is 22.7. The lowest BCUT2D eigenvalue weighted by Gasteiger charge is -2.34. The standard InChI is InChI=1S/C22H29FN6O2S/c23-17-5-7-18(8-6-17)24-20(30)14-28-9-11-29(12-10-28)21(31)15-32-22-25-19(26-27-22)13-16-3-1-2-4-16/h5-8,16H,1-4,9-15H2,(H,24,30)(H,25,26,27). The van der Waals surface area contributed by atoms with Gasteiger partial charge < -0.3 is 10.2 Å². The van der Waals surface area contributed by atoms with Crippen molar-refractivity contribution in [3.05, 3.63) is 35.9 Å². The van der Waals surface area contributed by atoms with E-state index in [4.69, 9.17) is 0 Å². The number of carbonyl (C=O) groups is 2. The number of amides is 2. The number of halogens is 1. The summed E-state index contributed by atoms with van der Waals surface area (Å²) in [7, 11) is 0. The third kappa shape index (κ3) is 6.52. The Kier molecular flexibility index (Phi) is 7.75. The molecule has 1 aliphatic carbocycles. The van der Waals surface area contributed by atoms with Crippen LogP contribution in [-0.4, -0.2) is 75.3 Å².